The molecule has 3 aromatic rings. The van der Waals surface area contributed by atoms with E-state index in [0.29, 0.717) is 23.6 Å². The molecule has 0 fully saturated rings. The molecular formula is C27H29ClFN3O4S. The zero-order valence-electron chi connectivity index (χ0n) is 20.6. The van der Waals surface area contributed by atoms with Crippen LogP contribution >= 0.6 is 11.6 Å². The van der Waals surface area contributed by atoms with Crippen molar-refractivity contribution in [2.75, 3.05) is 17.4 Å². The first kappa shape index (κ1) is 28.1. The molecule has 0 aliphatic carbocycles. The van der Waals surface area contributed by atoms with Gasteiger partial charge in [0, 0.05) is 18.1 Å². The smallest absolute Gasteiger partial charge is 0.264 e. The summed E-state index contributed by atoms with van der Waals surface area (Å²) in [6.07, 6.45) is 0.702. The van der Waals surface area contributed by atoms with Gasteiger partial charge in [-0.1, -0.05) is 67.1 Å². The topological polar surface area (TPSA) is 86.8 Å². The second-order valence-electron chi connectivity index (χ2n) is 8.36. The number of benzene rings is 3. The summed E-state index contributed by atoms with van der Waals surface area (Å²) in [5, 5.41) is 3.15. The van der Waals surface area contributed by atoms with Gasteiger partial charge in [0.2, 0.25) is 11.8 Å². The fraction of sp³-hybridized carbons (Fsp3) is 0.259. The Labute approximate surface area is 221 Å². The molecule has 7 nitrogen and oxygen atoms in total. The number of nitrogens with zero attached hydrogens (tertiary/aromatic N) is 2. The lowest BCUT2D eigenvalue weighted by atomic mass is 10.1. The average molecular weight is 546 g/mol. The van der Waals surface area contributed by atoms with E-state index in [0.717, 1.165) is 10.4 Å². The van der Waals surface area contributed by atoms with Crippen LogP contribution < -0.4 is 9.62 Å². The Morgan fingerprint density at radius 2 is 1.59 bits per heavy atom. The molecule has 0 spiro atoms. The van der Waals surface area contributed by atoms with Crippen LogP contribution in [0.1, 0.15) is 25.8 Å². The number of rotatable bonds is 11. The maximum atomic E-state index is 14.9. The van der Waals surface area contributed by atoms with E-state index >= 15 is 0 Å². The summed E-state index contributed by atoms with van der Waals surface area (Å²) in [4.78, 5) is 27.7. The molecular weight excluding hydrogens is 517 g/mol. The Hall–Kier alpha value is -3.43. The highest BCUT2D eigenvalue weighted by molar-refractivity contribution is 7.92. The zero-order chi connectivity index (χ0) is 27.0. The number of carbonyl (C=O) groups excluding carboxylic acids is 2. The summed E-state index contributed by atoms with van der Waals surface area (Å²) >= 11 is 6.32. The highest BCUT2D eigenvalue weighted by Gasteiger charge is 2.33. The van der Waals surface area contributed by atoms with Crippen molar-refractivity contribution in [2.24, 2.45) is 0 Å². The second-order valence-corrected chi connectivity index (χ2v) is 10.6. The van der Waals surface area contributed by atoms with Crippen molar-refractivity contribution in [1.82, 2.24) is 10.2 Å². The lowest BCUT2D eigenvalue weighted by Crippen LogP contribution is -2.51. The van der Waals surface area contributed by atoms with E-state index in [2.05, 4.69) is 5.32 Å². The standard InChI is InChI=1S/C27H29ClFN3O4S/c1-3-17-30-27(34)20(2)31(18-21-11-7-8-14-23(21)28)26(33)19-32(25-16-10-9-15-24(25)29)37(35,36)22-12-5-4-6-13-22/h4-16,20H,3,17-19H2,1-2H3,(H,30,34)/t20-/m0/s1. The van der Waals surface area contributed by atoms with Gasteiger partial charge in [-0.2, -0.15) is 0 Å². The van der Waals surface area contributed by atoms with Crippen LogP contribution in [0.3, 0.4) is 0 Å². The fourth-order valence-electron chi connectivity index (χ4n) is 3.68. The highest BCUT2D eigenvalue weighted by atomic mass is 35.5. The third-order valence-corrected chi connectivity index (χ3v) is 7.89. The maximum absolute atomic E-state index is 14.9. The van der Waals surface area contributed by atoms with E-state index < -0.39 is 40.2 Å². The Balaban J connectivity index is 2.03. The van der Waals surface area contributed by atoms with Crippen molar-refractivity contribution >= 4 is 39.1 Å². The molecule has 0 saturated heterocycles. The molecule has 0 aliphatic heterocycles. The molecule has 196 valence electrons. The molecule has 0 unspecified atom stereocenters. The molecule has 3 aromatic carbocycles. The minimum Gasteiger partial charge on any atom is -0.354 e. The molecule has 1 atom stereocenters. The summed E-state index contributed by atoms with van der Waals surface area (Å²) in [5.41, 5.74) is 0.302. The number of nitrogens with one attached hydrogen (secondary N) is 1. The Kier molecular flexibility index (Phi) is 9.66. The maximum Gasteiger partial charge on any atom is 0.264 e. The van der Waals surface area contributed by atoms with Crippen LogP contribution in [0, 0.1) is 5.82 Å². The van der Waals surface area contributed by atoms with Gasteiger partial charge in [0.05, 0.1) is 10.6 Å². The Morgan fingerprint density at radius 3 is 2.24 bits per heavy atom. The van der Waals surface area contributed by atoms with Gasteiger partial charge in [-0.05, 0) is 49.2 Å². The highest BCUT2D eigenvalue weighted by Crippen LogP contribution is 2.27. The predicted octanol–water partition coefficient (Wildman–Crippen LogP) is 4.62. The first-order chi connectivity index (χ1) is 17.7. The summed E-state index contributed by atoms with van der Waals surface area (Å²) in [6.45, 7) is 3.10. The van der Waals surface area contributed by atoms with Crippen LogP contribution in [0.4, 0.5) is 10.1 Å². The Morgan fingerprint density at radius 1 is 0.973 bits per heavy atom. The number of sulfonamides is 1. The summed E-state index contributed by atoms with van der Waals surface area (Å²) in [6, 6.07) is 18.7. The lowest BCUT2D eigenvalue weighted by Gasteiger charge is -2.32. The molecule has 0 bridgehead atoms. The van der Waals surface area contributed by atoms with Crippen LogP contribution in [-0.4, -0.2) is 44.3 Å². The minimum absolute atomic E-state index is 0.0459. The van der Waals surface area contributed by atoms with Crippen molar-refractivity contribution < 1.29 is 22.4 Å². The third kappa shape index (κ3) is 6.87. The molecule has 0 aliphatic rings. The molecule has 0 aromatic heterocycles. The zero-order valence-corrected chi connectivity index (χ0v) is 22.2. The number of anilines is 1. The Bertz CT molecular complexity index is 1340. The SMILES string of the molecule is CCCNC(=O)[C@H](C)N(Cc1ccccc1Cl)C(=O)CN(c1ccccc1F)S(=O)(=O)c1ccccc1. The van der Waals surface area contributed by atoms with Crippen LogP contribution in [-0.2, 0) is 26.2 Å². The molecule has 2 amide bonds. The first-order valence-corrected chi connectivity index (χ1v) is 13.6. The van der Waals surface area contributed by atoms with Crippen LogP contribution in [0.5, 0.6) is 0 Å². The lowest BCUT2D eigenvalue weighted by molar-refractivity contribution is -0.139. The van der Waals surface area contributed by atoms with Gasteiger partial charge in [0.25, 0.3) is 10.0 Å². The van der Waals surface area contributed by atoms with E-state index in [4.69, 9.17) is 11.6 Å². The van der Waals surface area contributed by atoms with Crippen molar-refractivity contribution in [3.8, 4) is 0 Å². The summed E-state index contributed by atoms with van der Waals surface area (Å²) in [5.74, 6) is -1.89. The van der Waals surface area contributed by atoms with Gasteiger partial charge < -0.3 is 10.2 Å². The van der Waals surface area contributed by atoms with Crippen LogP contribution in [0.25, 0.3) is 0 Å². The van der Waals surface area contributed by atoms with Crippen molar-refractivity contribution in [3.05, 3.63) is 95.3 Å². The van der Waals surface area contributed by atoms with Crippen LogP contribution in [0.2, 0.25) is 5.02 Å². The predicted molar refractivity (Wildman–Crippen MR) is 142 cm³/mol. The largest absolute Gasteiger partial charge is 0.354 e. The number of hydrogen-bond donors (Lipinski definition) is 1. The average Bonchev–Trinajstić information content (AvgIpc) is 2.90. The van der Waals surface area contributed by atoms with Gasteiger partial charge >= 0.3 is 0 Å². The van der Waals surface area contributed by atoms with E-state index in [9.17, 15) is 22.4 Å². The second kappa shape index (κ2) is 12.7. The summed E-state index contributed by atoms with van der Waals surface area (Å²) in [7, 11) is -4.33. The van der Waals surface area contributed by atoms with Gasteiger partial charge in [-0.15, -0.1) is 0 Å². The normalized spacial score (nSPS) is 12.0. The van der Waals surface area contributed by atoms with Crippen molar-refractivity contribution in [2.45, 2.75) is 37.8 Å². The molecule has 1 N–H and O–H groups in total. The monoisotopic (exact) mass is 545 g/mol. The third-order valence-electron chi connectivity index (χ3n) is 5.75. The minimum atomic E-state index is -4.33. The van der Waals surface area contributed by atoms with E-state index in [1.54, 1.807) is 37.3 Å². The van der Waals surface area contributed by atoms with Crippen LogP contribution in [0.15, 0.2) is 83.8 Å². The molecule has 0 radical (unpaired) electrons. The number of halogens is 2. The van der Waals surface area contributed by atoms with Crippen molar-refractivity contribution in [1.29, 1.82) is 0 Å². The van der Waals surface area contributed by atoms with Gasteiger partial charge in [-0.3, -0.25) is 13.9 Å². The number of hydrogen-bond acceptors (Lipinski definition) is 4. The quantitative estimate of drug-likeness (QED) is 0.381. The van der Waals surface area contributed by atoms with Crippen molar-refractivity contribution in [3.63, 3.8) is 0 Å². The van der Waals surface area contributed by atoms with Gasteiger partial charge in [-0.25, -0.2) is 12.8 Å². The molecule has 0 heterocycles. The molecule has 3 rings (SSSR count). The molecule has 37 heavy (non-hydrogen) atoms. The van der Waals surface area contributed by atoms with Gasteiger partial charge in [0.15, 0.2) is 0 Å². The fourth-order valence-corrected chi connectivity index (χ4v) is 5.31. The van der Waals surface area contributed by atoms with E-state index in [1.165, 1.54) is 47.4 Å². The van der Waals surface area contributed by atoms with Gasteiger partial charge in [0.1, 0.15) is 18.4 Å². The van der Waals surface area contributed by atoms with E-state index in [-0.39, 0.29) is 17.1 Å². The number of carbonyl (C=O) groups is 2. The number of amides is 2. The van der Waals surface area contributed by atoms with E-state index in [1.807, 2.05) is 6.92 Å². The number of para-hydroxylation sites is 1. The first-order valence-electron chi connectivity index (χ1n) is 11.8. The molecule has 10 heteroatoms. The molecule has 0 saturated carbocycles. The summed E-state index contributed by atoms with van der Waals surface area (Å²) < 4.78 is 42.8.